The standard InChI is InChI=1S/C30H33FN4O2/c31-27(20-26(28(36)24-12-6-2-7-13-24)32-21-23-10-4-1-5-11-23)34-18-16-30(17-19-34)29(37)33-22-35(30)25-14-8-3-9-15-25/h1-15,26-27,32H,16-22H2,(H,33,37). The van der Waals surface area contributed by atoms with E-state index in [0.29, 0.717) is 44.7 Å². The Kier molecular flexibility index (Phi) is 7.63. The molecule has 37 heavy (non-hydrogen) atoms. The number of ketones is 1. The van der Waals surface area contributed by atoms with Gasteiger partial charge >= 0.3 is 0 Å². The average Bonchev–Trinajstić information content (AvgIpc) is 3.27. The molecule has 2 saturated heterocycles. The Morgan fingerprint density at radius 2 is 1.51 bits per heavy atom. The molecule has 0 aromatic heterocycles. The summed E-state index contributed by atoms with van der Waals surface area (Å²) in [4.78, 5) is 30.1. The lowest BCUT2D eigenvalue weighted by atomic mass is 9.85. The number of Topliss-reactive ketones (excluding diaryl/α,β-unsaturated/α-hetero) is 1. The third kappa shape index (κ3) is 5.43. The highest BCUT2D eigenvalue weighted by Crippen LogP contribution is 2.37. The number of carbonyl (C=O) groups is 2. The summed E-state index contributed by atoms with van der Waals surface area (Å²) in [5.74, 6) is -0.105. The molecule has 6 nitrogen and oxygen atoms in total. The lowest BCUT2D eigenvalue weighted by molar-refractivity contribution is -0.125. The molecule has 3 aromatic carbocycles. The summed E-state index contributed by atoms with van der Waals surface area (Å²) < 4.78 is 15.8. The van der Waals surface area contributed by atoms with Gasteiger partial charge in [-0.1, -0.05) is 78.9 Å². The number of hydrogen-bond donors (Lipinski definition) is 2. The molecule has 3 aromatic rings. The second-order valence-corrected chi connectivity index (χ2v) is 9.81. The quantitative estimate of drug-likeness (QED) is 0.342. The maximum atomic E-state index is 15.8. The zero-order valence-electron chi connectivity index (χ0n) is 20.9. The van der Waals surface area contributed by atoms with Crippen molar-refractivity contribution in [2.75, 3.05) is 24.7 Å². The zero-order valence-corrected chi connectivity index (χ0v) is 20.9. The Hall–Kier alpha value is -3.55. The van der Waals surface area contributed by atoms with E-state index in [0.717, 1.165) is 11.3 Å². The van der Waals surface area contributed by atoms with Crippen molar-refractivity contribution < 1.29 is 14.0 Å². The molecule has 2 N–H and O–H groups in total. The molecule has 0 radical (unpaired) electrons. The largest absolute Gasteiger partial charge is 0.339 e. The number of rotatable bonds is 9. The van der Waals surface area contributed by atoms with Gasteiger partial charge in [0.25, 0.3) is 0 Å². The van der Waals surface area contributed by atoms with E-state index in [4.69, 9.17) is 0 Å². The van der Waals surface area contributed by atoms with Crippen LogP contribution in [0.3, 0.4) is 0 Å². The van der Waals surface area contributed by atoms with Crippen molar-refractivity contribution in [3.8, 4) is 0 Å². The van der Waals surface area contributed by atoms with Gasteiger partial charge in [0.15, 0.2) is 12.1 Å². The van der Waals surface area contributed by atoms with Gasteiger partial charge in [-0.15, -0.1) is 0 Å². The predicted molar refractivity (Wildman–Crippen MR) is 143 cm³/mol. The molecule has 2 unspecified atom stereocenters. The van der Waals surface area contributed by atoms with Crippen molar-refractivity contribution in [1.29, 1.82) is 0 Å². The van der Waals surface area contributed by atoms with Gasteiger partial charge in [0.1, 0.15) is 5.54 Å². The monoisotopic (exact) mass is 500 g/mol. The first kappa shape index (κ1) is 25.1. The van der Waals surface area contributed by atoms with Gasteiger partial charge in [-0.2, -0.15) is 0 Å². The third-order valence-corrected chi connectivity index (χ3v) is 7.63. The van der Waals surface area contributed by atoms with Crippen LogP contribution >= 0.6 is 0 Å². The second-order valence-electron chi connectivity index (χ2n) is 9.81. The Labute approximate surface area is 217 Å². The van der Waals surface area contributed by atoms with Crippen LogP contribution < -0.4 is 15.5 Å². The Morgan fingerprint density at radius 1 is 0.919 bits per heavy atom. The van der Waals surface area contributed by atoms with Crippen LogP contribution in [0.2, 0.25) is 0 Å². The highest BCUT2D eigenvalue weighted by Gasteiger charge is 2.51. The minimum absolute atomic E-state index is 0.00747. The molecule has 1 amide bonds. The van der Waals surface area contributed by atoms with E-state index in [1.54, 1.807) is 17.0 Å². The summed E-state index contributed by atoms with van der Waals surface area (Å²) in [6.45, 7) is 1.83. The molecule has 0 aliphatic carbocycles. The van der Waals surface area contributed by atoms with E-state index >= 15 is 4.39 Å². The molecule has 2 atom stereocenters. The fourth-order valence-corrected chi connectivity index (χ4v) is 5.47. The maximum absolute atomic E-state index is 15.8. The van der Waals surface area contributed by atoms with Crippen molar-refractivity contribution in [2.45, 2.75) is 43.7 Å². The van der Waals surface area contributed by atoms with Gasteiger partial charge in [0.05, 0.1) is 12.7 Å². The van der Waals surface area contributed by atoms with E-state index < -0.39 is 17.9 Å². The highest BCUT2D eigenvalue weighted by atomic mass is 19.1. The van der Waals surface area contributed by atoms with E-state index in [1.807, 2.05) is 78.9 Å². The van der Waals surface area contributed by atoms with Gasteiger partial charge in [0.2, 0.25) is 5.91 Å². The first-order valence-corrected chi connectivity index (χ1v) is 12.9. The minimum Gasteiger partial charge on any atom is -0.339 e. The lowest BCUT2D eigenvalue weighted by Gasteiger charge is -2.44. The van der Waals surface area contributed by atoms with Crippen molar-refractivity contribution >= 4 is 17.4 Å². The Balaban J connectivity index is 1.26. The lowest BCUT2D eigenvalue weighted by Crippen LogP contribution is -2.58. The van der Waals surface area contributed by atoms with Gasteiger partial charge in [-0.25, -0.2) is 4.39 Å². The topological polar surface area (TPSA) is 64.7 Å². The summed E-state index contributed by atoms with van der Waals surface area (Å²) in [6, 6.07) is 28.1. The van der Waals surface area contributed by atoms with Gasteiger partial charge < -0.3 is 15.5 Å². The van der Waals surface area contributed by atoms with Crippen LogP contribution in [0.5, 0.6) is 0 Å². The van der Waals surface area contributed by atoms with Crippen LogP contribution in [0.4, 0.5) is 10.1 Å². The van der Waals surface area contributed by atoms with Crippen LogP contribution in [-0.4, -0.2) is 54.2 Å². The number of benzene rings is 3. The first-order valence-electron chi connectivity index (χ1n) is 12.9. The highest BCUT2D eigenvalue weighted by molar-refractivity contribution is 6.00. The third-order valence-electron chi connectivity index (χ3n) is 7.63. The molecule has 2 aliphatic rings. The number of alkyl halides is 1. The van der Waals surface area contributed by atoms with Gasteiger partial charge in [-0.3, -0.25) is 14.5 Å². The van der Waals surface area contributed by atoms with Crippen LogP contribution in [0, 0.1) is 0 Å². The number of nitrogens with one attached hydrogen (secondary N) is 2. The number of nitrogens with zero attached hydrogens (tertiary/aromatic N) is 2. The molecule has 2 fully saturated rings. The van der Waals surface area contributed by atoms with E-state index in [-0.39, 0.29) is 18.1 Å². The normalized spacial score (nSPS) is 18.9. The van der Waals surface area contributed by atoms with Crippen molar-refractivity contribution in [2.24, 2.45) is 0 Å². The van der Waals surface area contributed by atoms with Crippen molar-refractivity contribution in [1.82, 2.24) is 15.5 Å². The summed E-state index contributed by atoms with van der Waals surface area (Å²) in [6.07, 6.45) is -0.193. The molecule has 7 heteroatoms. The minimum atomic E-state index is -1.30. The van der Waals surface area contributed by atoms with Crippen LogP contribution in [0.25, 0.3) is 0 Å². The van der Waals surface area contributed by atoms with Crippen LogP contribution in [0.1, 0.15) is 35.2 Å². The summed E-state index contributed by atoms with van der Waals surface area (Å²) in [7, 11) is 0. The molecule has 2 heterocycles. The number of para-hydroxylation sites is 1. The average molecular weight is 501 g/mol. The summed E-state index contributed by atoms with van der Waals surface area (Å²) in [5.41, 5.74) is 1.93. The molecular weight excluding hydrogens is 467 g/mol. The molecular formula is C30H33FN4O2. The summed E-state index contributed by atoms with van der Waals surface area (Å²) >= 11 is 0. The fraction of sp³-hybridized carbons (Fsp3) is 0.333. The van der Waals surface area contributed by atoms with Crippen molar-refractivity contribution in [3.05, 3.63) is 102 Å². The van der Waals surface area contributed by atoms with Crippen molar-refractivity contribution in [3.63, 3.8) is 0 Å². The SMILES string of the molecule is O=C(c1ccccc1)C(CC(F)N1CCC2(CC1)C(=O)NCN2c1ccccc1)NCc1ccccc1. The molecule has 1 spiro atoms. The molecule has 0 bridgehead atoms. The number of anilines is 1. The predicted octanol–water partition coefficient (Wildman–Crippen LogP) is 4.14. The first-order chi connectivity index (χ1) is 18.1. The van der Waals surface area contributed by atoms with Gasteiger partial charge in [0, 0.05) is 37.3 Å². The van der Waals surface area contributed by atoms with Crippen LogP contribution in [-0.2, 0) is 11.3 Å². The van der Waals surface area contributed by atoms with Crippen LogP contribution in [0.15, 0.2) is 91.0 Å². The number of carbonyl (C=O) groups excluding carboxylic acids is 2. The van der Waals surface area contributed by atoms with Gasteiger partial charge in [-0.05, 0) is 30.5 Å². The number of amides is 1. The van der Waals surface area contributed by atoms with E-state index in [9.17, 15) is 9.59 Å². The number of piperidine rings is 1. The fourth-order valence-electron chi connectivity index (χ4n) is 5.47. The molecule has 0 saturated carbocycles. The number of halogens is 1. The summed E-state index contributed by atoms with van der Waals surface area (Å²) in [5, 5.41) is 6.29. The van der Waals surface area contributed by atoms with E-state index in [1.165, 1.54) is 0 Å². The number of likely N-dealkylation sites (tertiary alicyclic amines) is 1. The maximum Gasteiger partial charge on any atom is 0.247 e. The number of hydrogen-bond acceptors (Lipinski definition) is 5. The molecule has 5 rings (SSSR count). The molecule has 192 valence electrons. The molecule has 2 aliphatic heterocycles. The second kappa shape index (κ2) is 11.2. The smallest absolute Gasteiger partial charge is 0.247 e. The Bertz CT molecular complexity index is 1180. The van der Waals surface area contributed by atoms with E-state index in [2.05, 4.69) is 15.5 Å². The zero-order chi connectivity index (χ0) is 25.7. The Morgan fingerprint density at radius 3 is 2.16 bits per heavy atom.